The van der Waals surface area contributed by atoms with Crippen LogP contribution in [0.15, 0.2) is 11.7 Å². The van der Waals surface area contributed by atoms with Gasteiger partial charge in [-0.25, -0.2) is 0 Å². The molecule has 0 aliphatic heterocycles. The Morgan fingerprint density at radius 2 is 2.08 bits per heavy atom. The molecule has 0 bridgehead atoms. The zero-order valence-electron chi connectivity index (χ0n) is 7.07. The number of hydrogen-bond donors (Lipinski definition) is 1. The van der Waals surface area contributed by atoms with E-state index in [0.29, 0.717) is 6.04 Å². The maximum atomic E-state index is 5.84. The fraction of sp³-hybridized carbons (Fsp3) is 0.667. The molecule has 2 nitrogen and oxygen atoms in total. The van der Waals surface area contributed by atoms with Gasteiger partial charge >= 0.3 is 0 Å². The molecular formula is C9H14N2S. The van der Waals surface area contributed by atoms with Crippen LogP contribution in [0.1, 0.15) is 36.5 Å². The highest BCUT2D eigenvalue weighted by Crippen LogP contribution is 2.33. The fourth-order valence-corrected chi connectivity index (χ4v) is 2.62. The van der Waals surface area contributed by atoms with Gasteiger partial charge in [-0.05, 0) is 31.6 Å². The van der Waals surface area contributed by atoms with Gasteiger partial charge in [-0.1, -0.05) is 0 Å². The van der Waals surface area contributed by atoms with Crippen LogP contribution in [0, 0.1) is 0 Å². The molecule has 0 atom stereocenters. The van der Waals surface area contributed by atoms with Crippen LogP contribution >= 0.6 is 11.3 Å². The second kappa shape index (κ2) is 3.54. The van der Waals surface area contributed by atoms with Gasteiger partial charge in [0.2, 0.25) is 0 Å². The van der Waals surface area contributed by atoms with Gasteiger partial charge in [0, 0.05) is 17.1 Å². The van der Waals surface area contributed by atoms with E-state index in [1.165, 1.54) is 30.6 Å². The third-order valence-corrected chi connectivity index (χ3v) is 3.56. The van der Waals surface area contributed by atoms with Gasteiger partial charge in [-0.3, -0.25) is 4.98 Å². The zero-order chi connectivity index (χ0) is 8.39. The number of nitrogens with two attached hydrogens (primary N) is 1. The Hall–Kier alpha value is -0.410. The number of rotatable bonds is 1. The molecule has 1 aromatic heterocycles. The third-order valence-electron chi connectivity index (χ3n) is 2.63. The van der Waals surface area contributed by atoms with Crippen molar-refractivity contribution in [2.24, 2.45) is 5.73 Å². The SMILES string of the molecule is NC1CCC(c2cncs2)CC1. The van der Waals surface area contributed by atoms with E-state index in [9.17, 15) is 0 Å². The lowest BCUT2D eigenvalue weighted by molar-refractivity contribution is 0.399. The molecule has 0 amide bonds. The average molecular weight is 182 g/mol. The Morgan fingerprint density at radius 1 is 1.33 bits per heavy atom. The summed E-state index contributed by atoms with van der Waals surface area (Å²) < 4.78 is 0. The van der Waals surface area contributed by atoms with E-state index < -0.39 is 0 Å². The molecule has 0 aromatic carbocycles. The van der Waals surface area contributed by atoms with Crippen molar-refractivity contribution in [1.82, 2.24) is 4.98 Å². The van der Waals surface area contributed by atoms with Crippen molar-refractivity contribution in [3.05, 3.63) is 16.6 Å². The standard InChI is InChI=1S/C9H14N2S/c10-8-3-1-7(2-4-8)9-5-11-6-12-9/h5-8H,1-4,10H2. The largest absolute Gasteiger partial charge is 0.328 e. The van der Waals surface area contributed by atoms with E-state index in [-0.39, 0.29) is 0 Å². The van der Waals surface area contributed by atoms with Gasteiger partial charge in [0.15, 0.2) is 0 Å². The van der Waals surface area contributed by atoms with Crippen LogP contribution in [0.3, 0.4) is 0 Å². The van der Waals surface area contributed by atoms with Crippen LogP contribution in [0.5, 0.6) is 0 Å². The number of thiazole rings is 1. The van der Waals surface area contributed by atoms with Crippen molar-refractivity contribution in [2.75, 3.05) is 0 Å². The Kier molecular flexibility index (Phi) is 2.42. The Bertz CT molecular complexity index is 225. The molecule has 1 saturated carbocycles. The molecule has 3 heteroatoms. The number of aromatic nitrogens is 1. The Morgan fingerprint density at radius 3 is 2.67 bits per heavy atom. The van der Waals surface area contributed by atoms with E-state index in [2.05, 4.69) is 4.98 Å². The minimum Gasteiger partial charge on any atom is -0.328 e. The van der Waals surface area contributed by atoms with Gasteiger partial charge in [-0.15, -0.1) is 11.3 Å². The summed E-state index contributed by atoms with van der Waals surface area (Å²) in [5.74, 6) is 0.747. The summed E-state index contributed by atoms with van der Waals surface area (Å²) >= 11 is 1.78. The molecule has 2 rings (SSSR count). The van der Waals surface area contributed by atoms with Gasteiger partial charge in [0.1, 0.15) is 0 Å². The molecule has 2 N–H and O–H groups in total. The minimum absolute atomic E-state index is 0.453. The lowest BCUT2D eigenvalue weighted by atomic mass is 9.86. The summed E-state index contributed by atoms with van der Waals surface area (Å²) in [5, 5.41) is 0. The van der Waals surface area contributed by atoms with E-state index in [0.717, 1.165) is 5.92 Å². The maximum Gasteiger partial charge on any atom is 0.0794 e. The summed E-state index contributed by atoms with van der Waals surface area (Å²) in [4.78, 5) is 5.55. The average Bonchev–Trinajstić information content (AvgIpc) is 2.58. The van der Waals surface area contributed by atoms with E-state index >= 15 is 0 Å². The molecule has 1 aliphatic rings. The summed E-state index contributed by atoms with van der Waals surface area (Å²) in [6, 6.07) is 0.453. The maximum absolute atomic E-state index is 5.84. The van der Waals surface area contributed by atoms with Crippen molar-refractivity contribution < 1.29 is 0 Å². The summed E-state index contributed by atoms with van der Waals surface area (Å²) in [6.45, 7) is 0. The number of nitrogens with zero attached hydrogens (tertiary/aromatic N) is 1. The van der Waals surface area contributed by atoms with Crippen molar-refractivity contribution in [3.8, 4) is 0 Å². The molecule has 1 aliphatic carbocycles. The summed E-state index contributed by atoms with van der Waals surface area (Å²) in [6.07, 6.45) is 6.88. The normalized spacial score (nSPS) is 30.4. The van der Waals surface area contributed by atoms with E-state index in [4.69, 9.17) is 5.73 Å². The van der Waals surface area contributed by atoms with Crippen LogP contribution in [-0.2, 0) is 0 Å². The van der Waals surface area contributed by atoms with Crippen molar-refractivity contribution >= 4 is 11.3 Å². The molecule has 0 spiro atoms. The zero-order valence-corrected chi connectivity index (χ0v) is 7.89. The summed E-state index contributed by atoms with van der Waals surface area (Å²) in [5.41, 5.74) is 7.76. The second-order valence-corrected chi connectivity index (χ2v) is 4.43. The summed E-state index contributed by atoms with van der Waals surface area (Å²) in [7, 11) is 0. The highest BCUT2D eigenvalue weighted by molar-refractivity contribution is 7.09. The van der Waals surface area contributed by atoms with Crippen LogP contribution in [0.25, 0.3) is 0 Å². The van der Waals surface area contributed by atoms with E-state index in [1.807, 2.05) is 11.7 Å². The molecule has 0 radical (unpaired) electrons. The Balaban J connectivity index is 1.99. The monoisotopic (exact) mass is 182 g/mol. The highest BCUT2D eigenvalue weighted by Gasteiger charge is 2.20. The first kappa shape index (κ1) is 8.20. The molecule has 66 valence electrons. The predicted octanol–water partition coefficient (Wildman–Crippen LogP) is 2.13. The van der Waals surface area contributed by atoms with Crippen LogP contribution in [0.4, 0.5) is 0 Å². The third kappa shape index (κ3) is 1.67. The van der Waals surface area contributed by atoms with Crippen molar-refractivity contribution in [2.45, 2.75) is 37.6 Å². The molecule has 0 saturated heterocycles. The predicted molar refractivity (Wildman–Crippen MR) is 51.3 cm³/mol. The van der Waals surface area contributed by atoms with Crippen molar-refractivity contribution in [1.29, 1.82) is 0 Å². The molecule has 1 heterocycles. The first-order valence-corrected chi connectivity index (χ1v) is 5.38. The quantitative estimate of drug-likeness (QED) is 0.722. The molecule has 1 aromatic rings. The minimum atomic E-state index is 0.453. The van der Waals surface area contributed by atoms with Crippen LogP contribution in [0.2, 0.25) is 0 Å². The van der Waals surface area contributed by atoms with Crippen LogP contribution in [-0.4, -0.2) is 11.0 Å². The Labute approximate surface area is 76.8 Å². The van der Waals surface area contributed by atoms with Crippen LogP contribution < -0.4 is 5.73 Å². The lowest BCUT2D eigenvalue weighted by Gasteiger charge is -2.24. The molecule has 0 unspecified atom stereocenters. The first-order valence-electron chi connectivity index (χ1n) is 4.50. The smallest absolute Gasteiger partial charge is 0.0794 e. The molecule has 12 heavy (non-hydrogen) atoms. The first-order chi connectivity index (χ1) is 5.86. The fourth-order valence-electron chi connectivity index (χ4n) is 1.83. The highest BCUT2D eigenvalue weighted by atomic mass is 32.1. The topological polar surface area (TPSA) is 38.9 Å². The lowest BCUT2D eigenvalue weighted by Crippen LogP contribution is -2.25. The van der Waals surface area contributed by atoms with Crippen molar-refractivity contribution in [3.63, 3.8) is 0 Å². The van der Waals surface area contributed by atoms with E-state index in [1.54, 1.807) is 11.3 Å². The van der Waals surface area contributed by atoms with Gasteiger partial charge in [0.25, 0.3) is 0 Å². The second-order valence-electron chi connectivity index (χ2n) is 3.52. The van der Waals surface area contributed by atoms with Gasteiger partial charge < -0.3 is 5.73 Å². The number of hydrogen-bond acceptors (Lipinski definition) is 3. The molecule has 1 fully saturated rings. The molecular weight excluding hydrogens is 168 g/mol. The van der Waals surface area contributed by atoms with Gasteiger partial charge in [-0.2, -0.15) is 0 Å². The van der Waals surface area contributed by atoms with Gasteiger partial charge in [0.05, 0.1) is 5.51 Å².